The van der Waals surface area contributed by atoms with Crippen molar-refractivity contribution in [3.63, 3.8) is 0 Å². The molecule has 0 aliphatic heterocycles. The van der Waals surface area contributed by atoms with E-state index in [1.165, 1.54) is 44.9 Å². The Morgan fingerprint density at radius 2 is 2.00 bits per heavy atom. The maximum absolute atomic E-state index is 12.6. The van der Waals surface area contributed by atoms with E-state index < -0.39 is 0 Å². The van der Waals surface area contributed by atoms with Gasteiger partial charge in [0, 0.05) is 13.2 Å². The Hall–Kier alpha value is -1.06. The summed E-state index contributed by atoms with van der Waals surface area (Å²) in [4.78, 5) is 12.6. The van der Waals surface area contributed by atoms with Gasteiger partial charge in [-0.25, -0.2) is 0 Å². The number of halogens is 1. The highest BCUT2D eigenvalue weighted by Crippen LogP contribution is 2.48. The van der Waals surface area contributed by atoms with E-state index in [1.54, 1.807) is 6.07 Å². The smallest absolute Gasteiger partial charge is 0.252 e. The first-order chi connectivity index (χ1) is 11.6. The van der Waals surface area contributed by atoms with Crippen LogP contribution in [-0.2, 0) is 6.42 Å². The van der Waals surface area contributed by atoms with E-state index in [4.69, 9.17) is 16.7 Å². The van der Waals surface area contributed by atoms with E-state index in [-0.39, 0.29) is 19.9 Å². The fraction of sp³-hybridized carbons (Fsp3) is 0.619. The molecule has 3 nitrogen and oxygen atoms in total. The number of carbonyl (C=O) groups excluding carboxylic acids is 1. The molecule has 0 atom stereocenters. The zero-order chi connectivity index (χ0) is 17.0. The molecule has 2 N–H and O–H groups in total. The highest BCUT2D eigenvalue weighted by atomic mass is 35.5. The molecule has 0 spiro atoms. The summed E-state index contributed by atoms with van der Waals surface area (Å²) >= 11 is 6.24. The molecule has 4 heteroatoms. The lowest BCUT2D eigenvalue weighted by molar-refractivity contribution is 0.0682. The molecular weight excluding hydrogens is 334 g/mol. The molecule has 2 saturated carbocycles. The maximum Gasteiger partial charge on any atom is 0.252 e. The van der Waals surface area contributed by atoms with Gasteiger partial charge >= 0.3 is 0 Å². The average molecular weight is 364 g/mol. The number of amides is 1. The van der Waals surface area contributed by atoms with Gasteiger partial charge in [0.15, 0.2) is 0 Å². The Kier molecular flexibility index (Phi) is 7.33. The van der Waals surface area contributed by atoms with Crippen molar-refractivity contribution in [2.75, 3.05) is 13.2 Å². The Labute approximate surface area is 157 Å². The fourth-order valence-corrected chi connectivity index (χ4v) is 4.82. The first kappa shape index (κ1) is 20.3. The molecule has 1 aromatic carbocycles. The summed E-state index contributed by atoms with van der Waals surface area (Å²) in [6, 6.07) is 5.59. The summed E-state index contributed by atoms with van der Waals surface area (Å²) in [6.07, 6.45) is 10.6. The minimum atomic E-state index is -0.0621. The molecule has 25 heavy (non-hydrogen) atoms. The maximum atomic E-state index is 12.6. The van der Waals surface area contributed by atoms with Crippen molar-refractivity contribution in [1.82, 2.24) is 5.32 Å². The predicted molar refractivity (Wildman–Crippen MR) is 103 cm³/mol. The second-order valence-electron chi connectivity index (χ2n) is 7.68. The summed E-state index contributed by atoms with van der Waals surface area (Å²) in [5, 5.41) is 12.6. The number of aliphatic hydroxyl groups excluding tert-OH is 1. The van der Waals surface area contributed by atoms with Crippen molar-refractivity contribution in [1.29, 1.82) is 0 Å². The van der Waals surface area contributed by atoms with Crippen LogP contribution in [0.4, 0.5) is 0 Å². The van der Waals surface area contributed by atoms with E-state index in [0.29, 0.717) is 22.4 Å². The van der Waals surface area contributed by atoms with Crippen LogP contribution in [0.2, 0.25) is 5.02 Å². The van der Waals surface area contributed by atoms with Crippen molar-refractivity contribution < 1.29 is 9.90 Å². The largest absolute Gasteiger partial charge is 0.396 e. The Morgan fingerprint density at radius 3 is 2.68 bits per heavy atom. The van der Waals surface area contributed by atoms with Crippen LogP contribution < -0.4 is 5.32 Å². The topological polar surface area (TPSA) is 49.3 Å². The van der Waals surface area contributed by atoms with Gasteiger partial charge in [0.2, 0.25) is 0 Å². The number of aliphatic hydroxyl groups is 1. The normalized spacial score (nSPS) is 25.1. The fourth-order valence-electron chi connectivity index (χ4n) is 4.62. The lowest BCUT2D eigenvalue weighted by Gasteiger charge is -2.45. The third-order valence-electron chi connectivity index (χ3n) is 5.88. The molecule has 1 aromatic rings. The SMILES string of the molecule is O=C(NCC12CCCC(CCC1)C2)c1cc(CCCO)ccc1Cl.[CH2]. The number of aryl methyl sites for hydroxylation is 1. The molecule has 0 unspecified atom stereocenters. The first-order valence-corrected chi connectivity index (χ1v) is 9.67. The van der Waals surface area contributed by atoms with Crippen LogP contribution in [-0.4, -0.2) is 24.2 Å². The summed E-state index contributed by atoms with van der Waals surface area (Å²) in [6.45, 7) is 0.938. The van der Waals surface area contributed by atoms with Gasteiger partial charge in [0.1, 0.15) is 0 Å². The molecule has 2 aliphatic carbocycles. The molecule has 2 aliphatic rings. The van der Waals surface area contributed by atoms with E-state index >= 15 is 0 Å². The van der Waals surface area contributed by atoms with Crippen LogP contribution in [0.15, 0.2) is 18.2 Å². The van der Waals surface area contributed by atoms with Crippen LogP contribution in [0.3, 0.4) is 0 Å². The van der Waals surface area contributed by atoms with Crippen molar-refractivity contribution in [3.05, 3.63) is 41.8 Å². The average Bonchev–Trinajstić information content (AvgIpc) is 2.59. The van der Waals surface area contributed by atoms with E-state index in [0.717, 1.165) is 24.4 Å². The van der Waals surface area contributed by atoms with Crippen molar-refractivity contribution in [3.8, 4) is 0 Å². The van der Waals surface area contributed by atoms with Gasteiger partial charge in [-0.2, -0.15) is 0 Å². The van der Waals surface area contributed by atoms with Gasteiger partial charge < -0.3 is 10.4 Å². The molecule has 0 heterocycles. The molecule has 0 saturated heterocycles. The number of rotatable bonds is 6. The van der Waals surface area contributed by atoms with E-state index in [2.05, 4.69) is 5.32 Å². The number of hydrogen-bond donors (Lipinski definition) is 2. The summed E-state index contributed by atoms with van der Waals surface area (Å²) in [5.41, 5.74) is 1.93. The molecule has 2 radical (unpaired) electrons. The Bertz CT molecular complexity index is 577. The standard InChI is InChI=1S/C20H28ClNO2.CH2/c21-18-8-7-15(6-3-11-23)12-17(18)19(24)22-14-20-9-1-4-16(13-20)5-2-10-20;/h7-8,12,16,23H,1-6,9-11,13-14H2,(H,22,24);1H2. The number of hydrogen-bond acceptors (Lipinski definition) is 2. The third kappa shape index (κ3) is 4.98. The van der Waals surface area contributed by atoms with E-state index in [9.17, 15) is 4.79 Å². The zero-order valence-corrected chi connectivity index (χ0v) is 15.8. The minimum Gasteiger partial charge on any atom is -0.396 e. The Balaban J connectivity index is 0.00000225. The lowest BCUT2D eigenvalue weighted by Crippen LogP contribution is -2.43. The summed E-state index contributed by atoms with van der Waals surface area (Å²) < 4.78 is 0. The van der Waals surface area contributed by atoms with Crippen molar-refractivity contribution >= 4 is 17.5 Å². The molecule has 3 rings (SSSR count). The van der Waals surface area contributed by atoms with Gasteiger partial charge in [0.05, 0.1) is 10.6 Å². The second-order valence-corrected chi connectivity index (χ2v) is 8.09. The van der Waals surface area contributed by atoms with Crippen LogP contribution in [0.25, 0.3) is 0 Å². The van der Waals surface area contributed by atoms with E-state index in [1.807, 2.05) is 12.1 Å². The van der Waals surface area contributed by atoms with Gasteiger partial charge in [0.25, 0.3) is 5.91 Å². The van der Waals surface area contributed by atoms with Crippen molar-refractivity contribution in [2.45, 2.75) is 57.8 Å². The number of carbonyl (C=O) groups is 1. The highest BCUT2D eigenvalue weighted by molar-refractivity contribution is 6.33. The van der Waals surface area contributed by atoms with Gasteiger partial charge in [-0.3, -0.25) is 4.79 Å². The molecular formula is C21H30ClNO2. The zero-order valence-electron chi connectivity index (χ0n) is 15.0. The van der Waals surface area contributed by atoms with Crippen LogP contribution >= 0.6 is 11.6 Å². The first-order valence-electron chi connectivity index (χ1n) is 9.29. The predicted octanol–water partition coefficient (Wildman–Crippen LogP) is 4.68. The molecule has 2 fully saturated rings. The second kappa shape index (κ2) is 9.05. The lowest BCUT2D eigenvalue weighted by atomic mass is 9.62. The van der Waals surface area contributed by atoms with Crippen LogP contribution in [0, 0.1) is 18.8 Å². The molecule has 2 bridgehead atoms. The van der Waals surface area contributed by atoms with Gasteiger partial charge in [-0.1, -0.05) is 50.8 Å². The number of fused-ring (bicyclic) bond motifs is 2. The minimum absolute atomic E-state index is 0. The highest BCUT2D eigenvalue weighted by Gasteiger charge is 2.39. The third-order valence-corrected chi connectivity index (χ3v) is 6.21. The molecule has 1 amide bonds. The number of benzene rings is 1. The molecule has 138 valence electrons. The summed E-state index contributed by atoms with van der Waals surface area (Å²) in [5.74, 6) is 0.808. The summed E-state index contributed by atoms with van der Waals surface area (Å²) in [7, 11) is 0. The van der Waals surface area contributed by atoms with Gasteiger partial charge in [-0.05, 0) is 61.1 Å². The quantitative estimate of drug-likeness (QED) is 0.770. The van der Waals surface area contributed by atoms with Gasteiger partial charge in [-0.15, -0.1) is 0 Å². The Morgan fingerprint density at radius 1 is 1.28 bits per heavy atom. The van der Waals surface area contributed by atoms with Crippen molar-refractivity contribution in [2.24, 2.45) is 11.3 Å². The van der Waals surface area contributed by atoms with Crippen LogP contribution in [0.5, 0.6) is 0 Å². The monoisotopic (exact) mass is 363 g/mol. The molecule has 0 aromatic heterocycles. The van der Waals surface area contributed by atoms with Crippen LogP contribution in [0.1, 0.15) is 67.3 Å². The number of nitrogens with one attached hydrogen (secondary N) is 1.